The molecule has 0 spiro atoms. The van der Waals surface area contributed by atoms with Crippen LogP contribution < -0.4 is 0 Å². The van der Waals surface area contributed by atoms with Crippen LogP contribution in [0.15, 0.2) is 17.5 Å². The Balaban J connectivity index is 1.86. The number of rotatable bonds is 2. The molecule has 1 aromatic heterocycles. The van der Waals surface area contributed by atoms with E-state index >= 15 is 0 Å². The maximum atomic E-state index is 9.49. The highest BCUT2D eigenvalue weighted by atomic mass is 32.1. The molecule has 0 aromatic carbocycles. The van der Waals surface area contributed by atoms with Gasteiger partial charge in [0.15, 0.2) is 0 Å². The second-order valence-corrected chi connectivity index (χ2v) is 6.14. The van der Waals surface area contributed by atoms with Crippen LogP contribution in [0.4, 0.5) is 0 Å². The predicted molar refractivity (Wildman–Crippen MR) is 61.5 cm³/mol. The lowest BCUT2D eigenvalue weighted by molar-refractivity contribution is 0.241. The molecule has 2 heteroatoms. The Hall–Kier alpha value is -0.810. The van der Waals surface area contributed by atoms with Gasteiger partial charge in [-0.3, -0.25) is 0 Å². The van der Waals surface area contributed by atoms with Gasteiger partial charge in [-0.05, 0) is 42.5 Å². The van der Waals surface area contributed by atoms with Crippen LogP contribution in [0, 0.1) is 28.6 Å². The molecule has 3 rings (SSSR count). The van der Waals surface area contributed by atoms with Gasteiger partial charge in [0, 0.05) is 11.3 Å². The number of nitrogens with zero attached hydrogens (tertiary/aromatic N) is 1. The summed E-state index contributed by atoms with van der Waals surface area (Å²) >= 11 is 1.80. The summed E-state index contributed by atoms with van der Waals surface area (Å²) in [4.78, 5) is 1.39. The maximum Gasteiger partial charge on any atom is 0.0696 e. The fraction of sp³-hybridized carbons (Fsp3) is 0.615. The lowest BCUT2D eigenvalue weighted by Crippen LogP contribution is -2.28. The lowest BCUT2D eigenvalue weighted by Gasteiger charge is -2.30. The Morgan fingerprint density at radius 3 is 3.00 bits per heavy atom. The summed E-state index contributed by atoms with van der Waals surface area (Å²) in [7, 11) is 0. The molecule has 2 bridgehead atoms. The SMILES string of the molecule is N#CC1(Cc2cccs2)CC2CCC1C2. The molecule has 78 valence electrons. The summed E-state index contributed by atoms with van der Waals surface area (Å²) < 4.78 is 0. The molecular weight excluding hydrogens is 202 g/mol. The van der Waals surface area contributed by atoms with E-state index in [0.717, 1.165) is 18.8 Å². The third-order valence-electron chi connectivity index (χ3n) is 4.27. The van der Waals surface area contributed by atoms with Crippen molar-refractivity contribution in [2.24, 2.45) is 17.3 Å². The van der Waals surface area contributed by atoms with E-state index in [1.807, 2.05) is 0 Å². The van der Waals surface area contributed by atoms with Crippen LogP contribution in [0.3, 0.4) is 0 Å². The zero-order chi connectivity index (χ0) is 10.3. The minimum absolute atomic E-state index is 0.00618. The molecule has 3 atom stereocenters. The van der Waals surface area contributed by atoms with Gasteiger partial charge in [0.2, 0.25) is 0 Å². The topological polar surface area (TPSA) is 23.8 Å². The predicted octanol–water partition coefficient (Wildman–Crippen LogP) is 3.62. The van der Waals surface area contributed by atoms with Crippen molar-refractivity contribution in [3.05, 3.63) is 22.4 Å². The number of hydrogen-bond donors (Lipinski definition) is 0. The van der Waals surface area contributed by atoms with Gasteiger partial charge >= 0.3 is 0 Å². The fourth-order valence-electron chi connectivity index (χ4n) is 3.56. The minimum Gasteiger partial charge on any atom is -0.198 e. The summed E-state index contributed by atoms with van der Waals surface area (Å²) in [6.45, 7) is 0. The summed E-state index contributed by atoms with van der Waals surface area (Å²) in [6, 6.07) is 6.93. The molecular formula is C13H15NS. The monoisotopic (exact) mass is 217 g/mol. The molecule has 1 aromatic rings. The largest absolute Gasteiger partial charge is 0.198 e. The Bertz CT molecular complexity index is 389. The van der Waals surface area contributed by atoms with E-state index in [0.29, 0.717) is 5.92 Å². The molecule has 0 amide bonds. The highest BCUT2D eigenvalue weighted by Crippen LogP contribution is 2.57. The van der Waals surface area contributed by atoms with Gasteiger partial charge in [-0.15, -0.1) is 11.3 Å². The van der Waals surface area contributed by atoms with Gasteiger partial charge in [0.1, 0.15) is 0 Å². The molecule has 0 aliphatic heterocycles. The number of nitriles is 1. The van der Waals surface area contributed by atoms with E-state index in [-0.39, 0.29) is 5.41 Å². The zero-order valence-corrected chi connectivity index (χ0v) is 9.59. The molecule has 3 unspecified atom stereocenters. The maximum absolute atomic E-state index is 9.49. The quantitative estimate of drug-likeness (QED) is 0.742. The average molecular weight is 217 g/mol. The van der Waals surface area contributed by atoms with Crippen LogP contribution in [0.2, 0.25) is 0 Å². The van der Waals surface area contributed by atoms with Gasteiger partial charge in [0.25, 0.3) is 0 Å². The highest BCUT2D eigenvalue weighted by molar-refractivity contribution is 7.09. The first-order valence-electron chi connectivity index (χ1n) is 5.76. The van der Waals surface area contributed by atoms with Gasteiger partial charge in [-0.25, -0.2) is 0 Å². The molecule has 2 fully saturated rings. The Morgan fingerprint density at radius 2 is 2.47 bits per heavy atom. The first-order chi connectivity index (χ1) is 7.32. The second-order valence-electron chi connectivity index (χ2n) is 5.10. The van der Waals surface area contributed by atoms with Gasteiger partial charge in [-0.1, -0.05) is 12.5 Å². The van der Waals surface area contributed by atoms with Gasteiger partial charge in [0.05, 0.1) is 11.5 Å². The molecule has 15 heavy (non-hydrogen) atoms. The third-order valence-corrected chi connectivity index (χ3v) is 5.14. The van der Waals surface area contributed by atoms with Crippen molar-refractivity contribution < 1.29 is 0 Å². The molecule has 1 heterocycles. The summed E-state index contributed by atoms with van der Waals surface area (Å²) in [6.07, 6.45) is 6.15. The fourth-order valence-corrected chi connectivity index (χ4v) is 4.39. The van der Waals surface area contributed by atoms with Crippen LogP contribution >= 0.6 is 11.3 Å². The van der Waals surface area contributed by atoms with Crippen LogP contribution in [0.5, 0.6) is 0 Å². The number of hydrogen-bond acceptors (Lipinski definition) is 2. The molecule has 0 saturated heterocycles. The van der Waals surface area contributed by atoms with E-state index in [1.165, 1.54) is 24.1 Å². The number of fused-ring (bicyclic) bond motifs is 2. The van der Waals surface area contributed by atoms with Crippen molar-refractivity contribution in [3.63, 3.8) is 0 Å². The van der Waals surface area contributed by atoms with E-state index in [2.05, 4.69) is 23.6 Å². The first-order valence-corrected chi connectivity index (χ1v) is 6.64. The lowest BCUT2D eigenvalue weighted by atomic mass is 9.72. The van der Waals surface area contributed by atoms with Crippen molar-refractivity contribution in [1.29, 1.82) is 5.26 Å². The van der Waals surface area contributed by atoms with Crippen LogP contribution in [0.1, 0.15) is 30.6 Å². The highest BCUT2D eigenvalue weighted by Gasteiger charge is 2.51. The van der Waals surface area contributed by atoms with Crippen LogP contribution in [-0.2, 0) is 6.42 Å². The third kappa shape index (κ3) is 1.41. The Morgan fingerprint density at radius 1 is 1.53 bits per heavy atom. The number of thiophene rings is 1. The summed E-state index contributed by atoms with van der Waals surface area (Å²) in [5.41, 5.74) is -0.00618. The summed E-state index contributed by atoms with van der Waals surface area (Å²) in [5, 5.41) is 11.6. The standard InChI is InChI=1S/C13H15NS/c14-9-13(8-12-2-1-5-15-12)7-10-3-4-11(13)6-10/h1-2,5,10-11H,3-4,6-8H2. The van der Waals surface area contributed by atoms with E-state index in [4.69, 9.17) is 0 Å². The molecule has 0 N–H and O–H groups in total. The second kappa shape index (κ2) is 3.35. The first kappa shape index (κ1) is 9.42. The van der Waals surface area contributed by atoms with Crippen molar-refractivity contribution in [2.75, 3.05) is 0 Å². The van der Waals surface area contributed by atoms with E-state index in [1.54, 1.807) is 11.3 Å². The van der Waals surface area contributed by atoms with Crippen molar-refractivity contribution in [3.8, 4) is 6.07 Å². The molecule has 1 nitrogen and oxygen atoms in total. The average Bonchev–Trinajstić information content (AvgIpc) is 2.93. The van der Waals surface area contributed by atoms with Crippen LogP contribution in [0.25, 0.3) is 0 Å². The molecule has 0 radical (unpaired) electrons. The molecule has 2 aliphatic rings. The van der Waals surface area contributed by atoms with Gasteiger partial charge in [-0.2, -0.15) is 5.26 Å². The Kier molecular flexibility index (Phi) is 2.10. The molecule has 2 aliphatic carbocycles. The smallest absolute Gasteiger partial charge is 0.0696 e. The minimum atomic E-state index is -0.00618. The van der Waals surface area contributed by atoms with Crippen molar-refractivity contribution in [1.82, 2.24) is 0 Å². The van der Waals surface area contributed by atoms with Crippen molar-refractivity contribution in [2.45, 2.75) is 32.1 Å². The van der Waals surface area contributed by atoms with Crippen molar-refractivity contribution >= 4 is 11.3 Å². The van der Waals surface area contributed by atoms with Gasteiger partial charge < -0.3 is 0 Å². The van der Waals surface area contributed by atoms with Crippen LogP contribution in [-0.4, -0.2) is 0 Å². The molecule has 2 saturated carbocycles. The van der Waals surface area contributed by atoms with E-state index < -0.39 is 0 Å². The van der Waals surface area contributed by atoms with E-state index in [9.17, 15) is 5.26 Å². The zero-order valence-electron chi connectivity index (χ0n) is 8.78. The normalized spacial score (nSPS) is 38.1. The Labute approximate surface area is 94.7 Å². The summed E-state index contributed by atoms with van der Waals surface area (Å²) in [5.74, 6) is 1.55.